The van der Waals surface area contributed by atoms with E-state index in [9.17, 15) is 19.5 Å². The fraction of sp³-hybridized carbons (Fsp3) is 0.304. The summed E-state index contributed by atoms with van der Waals surface area (Å²) in [6.45, 7) is 5.42. The molecule has 31 heavy (non-hydrogen) atoms. The van der Waals surface area contributed by atoms with Crippen molar-refractivity contribution in [2.24, 2.45) is 0 Å². The largest absolute Gasteiger partial charge is 0.465 e. The molecule has 1 aromatic heterocycles. The van der Waals surface area contributed by atoms with E-state index < -0.39 is 12.1 Å². The minimum Gasteiger partial charge on any atom is -0.465 e. The number of carbonyl (C=O) groups is 2. The molecule has 0 aliphatic heterocycles. The number of aryl methyl sites for hydroxylation is 2. The molecule has 0 radical (unpaired) electrons. The number of ether oxygens (including phenoxy) is 1. The predicted molar refractivity (Wildman–Crippen MR) is 120 cm³/mol. The summed E-state index contributed by atoms with van der Waals surface area (Å²) >= 11 is 1.13. The van der Waals surface area contributed by atoms with Crippen molar-refractivity contribution < 1.29 is 19.4 Å². The minimum atomic E-state index is -0.777. The number of hydrogen-bond donors (Lipinski definition) is 1. The highest BCUT2D eigenvalue weighted by atomic mass is 32.2. The summed E-state index contributed by atoms with van der Waals surface area (Å²) in [5.41, 5.74) is 2.76. The van der Waals surface area contributed by atoms with Crippen LogP contribution in [0.1, 0.15) is 38.8 Å². The highest BCUT2D eigenvalue weighted by molar-refractivity contribution is 7.99. The molecule has 1 heterocycles. The van der Waals surface area contributed by atoms with Crippen molar-refractivity contribution in [2.45, 2.75) is 38.6 Å². The van der Waals surface area contributed by atoms with Crippen molar-refractivity contribution in [1.82, 2.24) is 9.55 Å². The molecule has 3 aromatic rings. The molecule has 8 heteroatoms. The average molecular weight is 441 g/mol. The van der Waals surface area contributed by atoms with Crippen LogP contribution in [0.5, 0.6) is 0 Å². The van der Waals surface area contributed by atoms with Crippen LogP contribution in [0.3, 0.4) is 0 Å². The van der Waals surface area contributed by atoms with Crippen LogP contribution in [-0.4, -0.2) is 45.4 Å². The van der Waals surface area contributed by atoms with Gasteiger partial charge >= 0.3 is 5.97 Å². The topological polar surface area (TPSA) is 98.5 Å². The van der Waals surface area contributed by atoms with Crippen LogP contribution in [0.25, 0.3) is 10.9 Å². The molecular weight excluding hydrogens is 416 g/mol. The van der Waals surface area contributed by atoms with Gasteiger partial charge in [-0.2, -0.15) is 0 Å². The first-order valence-corrected chi connectivity index (χ1v) is 10.7. The van der Waals surface area contributed by atoms with E-state index in [1.807, 2.05) is 32.0 Å². The predicted octanol–water partition coefficient (Wildman–Crippen LogP) is 3.16. The lowest BCUT2D eigenvalue weighted by atomic mass is 10.0. The fourth-order valence-electron chi connectivity index (χ4n) is 3.22. The number of benzene rings is 2. The molecule has 0 saturated heterocycles. The second-order valence-corrected chi connectivity index (χ2v) is 8.36. The van der Waals surface area contributed by atoms with E-state index in [2.05, 4.69) is 4.98 Å². The second kappa shape index (κ2) is 9.45. The highest BCUT2D eigenvalue weighted by Gasteiger charge is 2.17. The Hall–Kier alpha value is -2.97. The molecule has 0 fully saturated rings. The molecule has 0 unspecified atom stereocenters. The van der Waals surface area contributed by atoms with Crippen LogP contribution in [0.4, 0.5) is 0 Å². The van der Waals surface area contributed by atoms with Gasteiger partial charge in [0.2, 0.25) is 0 Å². The molecular formula is C23H24N2O5S. The number of fused-ring (bicyclic) bond motifs is 1. The summed E-state index contributed by atoms with van der Waals surface area (Å²) in [4.78, 5) is 42.2. The zero-order valence-electron chi connectivity index (χ0n) is 17.8. The molecule has 0 spiro atoms. The van der Waals surface area contributed by atoms with E-state index in [1.165, 1.54) is 29.9 Å². The maximum absolute atomic E-state index is 13.0. The van der Waals surface area contributed by atoms with E-state index in [4.69, 9.17) is 4.74 Å². The Kier molecular flexibility index (Phi) is 6.92. The molecule has 0 aliphatic carbocycles. The number of methoxy groups -OCH3 is 1. The summed E-state index contributed by atoms with van der Waals surface area (Å²) in [6.07, 6.45) is -0.777. The molecule has 0 amide bonds. The first kappa shape index (κ1) is 22.7. The Bertz CT molecular complexity index is 1220. The number of rotatable bonds is 7. The van der Waals surface area contributed by atoms with Crippen molar-refractivity contribution in [2.75, 3.05) is 12.9 Å². The normalized spacial score (nSPS) is 12.0. The third-order valence-electron chi connectivity index (χ3n) is 4.81. The number of ketones is 1. The first-order valence-electron chi connectivity index (χ1n) is 9.75. The van der Waals surface area contributed by atoms with Gasteiger partial charge in [-0.05, 0) is 50.6 Å². The van der Waals surface area contributed by atoms with Crippen molar-refractivity contribution in [3.05, 3.63) is 69.0 Å². The second-order valence-electron chi connectivity index (χ2n) is 7.41. The molecule has 1 atom stereocenters. The van der Waals surface area contributed by atoms with E-state index in [0.29, 0.717) is 21.6 Å². The van der Waals surface area contributed by atoms with Crippen molar-refractivity contribution in [1.29, 1.82) is 0 Å². The number of aliphatic hydroxyl groups is 1. The van der Waals surface area contributed by atoms with Gasteiger partial charge in [-0.3, -0.25) is 14.2 Å². The van der Waals surface area contributed by atoms with Crippen LogP contribution >= 0.6 is 11.8 Å². The van der Waals surface area contributed by atoms with Gasteiger partial charge in [0.1, 0.15) is 0 Å². The Morgan fingerprint density at radius 2 is 1.94 bits per heavy atom. The Balaban J connectivity index is 2.01. The Morgan fingerprint density at radius 1 is 1.19 bits per heavy atom. The SMILES string of the molecule is COC(=O)c1ccc2c(=O)n(C[C@@H](C)O)c(SCC(=O)c3cc(C)ccc3C)nc2c1. The molecule has 162 valence electrons. The number of esters is 1. The van der Waals surface area contributed by atoms with Gasteiger partial charge in [-0.15, -0.1) is 0 Å². The summed E-state index contributed by atoms with van der Waals surface area (Å²) < 4.78 is 6.10. The van der Waals surface area contributed by atoms with Crippen LogP contribution in [-0.2, 0) is 11.3 Å². The van der Waals surface area contributed by atoms with E-state index in [0.717, 1.165) is 22.9 Å². The molecule has 0 bridgehead atoms. The van der Waals surface area contributed by atoms with Crippen molar-refractivity contribution in [3.63, 3.8) is 0 Å². The molecule has 2 aromatic carbocycles. The lowest BCUT2D eigenvalue weighted by Gasteiger charge is -2.15. The quantitative estimate of drug-likeness (QED) is 0.261. The fourth-order valence-corrected chi connectivity index (χ4v) is 4.12. The van der Waals surface area contributed by atoms with Gasteiger partial charge < -0.3 is 9.84 Å². The zero-order chi connectivity index (χ0) is 22.7. The molecule has 0 aliphatic rings. The number of thioether (sulfide) groups is 1. The summed E-state index contributed by atoms with van der Waals surface area (Å²) in [5.74, 6) is -0.526. The molecule has 0 saturated carbocycles. The maximum atomic E-state index is 13.0. The molecule has 1 N–H and O–H groups in total. The monoisotopic (exact) mass is 440 g/mol. The van der Waals surface area contributed by atoms with Crippen LogP contribution < -0.4 is 5.56 Å². The van der Waals surface area contributed by atoms with Crippen molar-refractivity contribution >= 4 is 34.4 Å². The summed E-state index contributed by atoms with van der Waals surface area (Å²) in [5, 5.41) is 10.5. The number of Topliss-reactive ketones (excluding diaryl/α,β-unsaturated/α-hetero) is 1. The third kappa shape index (κ3) is 5.03. The van der Waals surface area contributed by atoms with Crippen LogP contribution in [0.15, 0.2) is 46.3 Å². The summed E-state index contributed by atoms with van der Waals surface area (Å²) in [6, 6.07) is 10.2. The lowest BCUT2D eigenvalue weighted by molar-refractivity contribution is 0.0600. The van der Waals surface area contributed by atoms with Crippen molar-refractivity contribution in [3.8, 4) is 0 Å². The number of aliphatic hydroxyl groups excluding tert-OH is 1. The number of nitrogens with zero attached hydrogens (tertiary/aromatic N) is 2. The summed E-state index contributed by atoms with van der Waals surface area (Å²) in [7, 11) is 1.28. The van der Waals surface area contributed by atoms with Gasteiger partial charge in [-0.25, -0.2) is 9.78 Å². The van der Waals surface area contributed by atoms with Gasteiger partial charge in [0.05, 0.1) is 42.0 Å². The minimum absolute atomic E-state index is 0.0422. The third-order valence-corrected chi connectivity index (χ3v) is 5.79. The number of aromatic nitrogens is 2. The highest BCUT2D eigenvalue weighted by Crippen LogP contribution is 2.22. The van der Waals surface area contributed by atoms with Gasteiger partial charge in [0, 0.05) is 5.56 Å². The van der Waals surface area contributed by atoms with E-state index >= 15 is 0 Å². The first-order chi connectivity index (χ1) is 14.7. The standard InChI is InChI=1S/C23H24N2O5S/c1-13-5-6-14(2)18(9-13)20(27)12-31-23-24-19-10-16(22(29)30-4)7-8-17(19)21(28)25(23)11-15(3)26/h5-10,15,26H,11-12H2,1-4H3/t15-/m1/s1. The number of hydrogen-bond acceptors (Lipinski definition) is 7. The van der Waals surface area contributed by atoms with E-state index in [-0.39, 0.29) is 29.2 Å². The number of carbonyl (C=O) groups excluding carboxylic acids is 2. The molecule has 3 rings (SSSR count). The van der Waals surface area contributed by atoms with Gasteiger partial charge in [-0.1, -0.05) is 29.5 Å². The van der Waals surface area contributed by atoms with Crippen LogP contribution in [0.2, 0.25) is 0 Å². The Morgan fingerprint density at radius 3 is 2.61 bits per heavy atom. The Labute approximate surface area is 184 Å². The van der Waals surface area contributed by atoms with Gasteiger partial charge in [0.15, 0.2) is 10.9 Å². The van der Waals surface area contributed by atoms with E-state index in [1.54, 1.807) is 6.92 Å². The van der Waals surface area contributed by atoms with Gasteiger partial charge in [0.25, 0.3) is 5.56 Å². The lowest BCUT2D eigenvalue weighted by Crippen LogP contribution is -2.28. The zero-order valence-corrected chi connectivity index (χ0v) is 18.7. The maximum Gasteiger partial charge on any atom is 0.337 e. The average Bonchev–Trinajstić information content (AvgIpc) is 2.74. The smallest absolute Gasteiger partial charge is 0.337 e. The van der Waals surface area contributed by atoms with Crippen LogP contribution in [0, 0.1) is 13.8 Å². The molecule has 7 nitrogen and oxygen atoms in total.